The number of hydrogen-bond donors (Lipinski definition) is 1. The number of rotatable bonds is 8. The van der Waals surface area contributed by atoms with Crippen LogP contribution in [0, 0.1) is 0 Å². The van der Waals surface area contributed by atoms with Crippen LogP contribution in [0.1, 0.15) is 32.4 Å². The van der Waals surface area contributed by atoms with Crippen LogP contribution in [0.25, 0.3) is 0 Å². The third kappa shape index (κ3) is 5.15. The lowest BCUT2D eigenvalue weighted by Gasteiger charge is -2.12. The molecule has 1 rings (SSSR count). The molecule has 4 nitrogen and oxygen atoms in total. The van der Waals surface area contributed by atoms with E-state index >= 15 is 0 Å². The van der Waals surface area contributed by atoms with Gasteiger partial charge >= 0.3 is 0 Å². The molecule has 0 aliphatic heterocycles. The lowest BCUT2D eigenvalue weighted by Crippen LogP contribution is -2.23. The van der Waals surface area contributed by atoms with E-state index in [-0.39, 0.29) is 0 Å². The van der Waals surface area contributed by atoms with Crippen LogP contribution >= 0.6 is 0 Å². The van der Waals surface area contributed by atoms with Crippen molar-refractivity contribution in [2.75, 3.05) is 19.8 Å². The lowest BCUT2D eigenvalue weighted by molar-refractivity contribution is 0.156. The van der Waals surface area contributed by atoms with Crippen molar-refractivity contribution in [3.63, 3.8) is 0 Å². The molecule has 0 aliphatic rings. The summed E-state index contributed by atoms with van der Waals surface area (Å²) in [6.07, 6.45) is 3.99. The van der Waals surface area contributed by atoms with Gasteiger partial charge in [-0.25, -0.2) is 0 Å². The number of aryl methyl sites for hydroxylation is 1. The van der Waals surface area contributed by atoms with Crippen molar-refractivity contribution in [3.8, 4) is 0 Å². The fourth-order valence-electron chi connectivity index (χ4n) is 1.49. The summed E-state index contributed by atoms with van der Waals surface area (Å²) in [6, 6.07) is 0.309. The highest BCUT2D eigenvalue weighted by atomic mass is 16.5. The van der Waals surface area contributed by atoms with Crippen LogP contribution in [0.15, 0.2) is 24.5 Å². The first-order valence-corrected chi connectivity index (χ1v) is 6.11. The first kappa shape index (κ1) is 13.9. The zero-order chi connectivity index (χ0) is 12.7. The number of hydrogen-bond acceptors (Lipinski definition) is 3. The monoisotopic (exact) mass is 237 g/mol. The molecule has 1 aromatic heterocycles. The smallest absolute Gasteiger partial charge is 0.0672 e. The van der Waals surface area contributed by atoms with E-state index in [0.29, 0.717) is 19.3 Å². The van der Waals surface area contributed by atoms with E-state index in [4.69, 9.17) is 4.74 Å². The van der Waals surface area contributed by atoms with Gasteiger partial charge in [-0.3, -0.25) is 4.68 Å². The second-order valence-electron chi connectivity index (χ2n) is 4.31. The minimum absolute atomic E-state index is 0.309. The van der Waals surface area contributed by atoms with Gasteiger partial charge in [-0.05, 0) is 20.8 Å². The quantitative estimate of drug-likeness (QED) is 0.556. The van der Waals surface area contributed by atoms with Gasteiger partial charge < -0.3 is 10.1 Å². The van der Waals surface area contributed by atoms with E-state index in [0.717, 1.165) is 18.7 Å². The molecule has 0 aromatic carbocycles. The minimum Gasteiger partial charge on any atom is -0.376 e. The molecule has 1 N–H and O–H groups in total. The summed E-state index contributed by atoms with van der Waals surface area (Å²) in [7, 11) is 0. The molecular formula is C13H23N3O. The average Bonchev–Trinajstić information content (AvgIpc) is 2.76. The number of nitrogens with one attached hydrogen (secondary N) is 1. The average molecular weight is 237 g/mol. The summed E-state index contributed by atoms with van der Waals surface area (Å²) in [6.45, 7) is 13.1. The molecule has 96 valence electrons. The molecule has 0 saturated carbocycles. The van der Waals surface area contributed by atoms with Crippen LogP contribution in [0.3, 0.4) is 0 Å². The zero-order valence-corrected chi connectivity index (χ0v) is 11.1. The van der Waals surface area contributed by atoms with E-state index in [9.17, 15) is 0 Å². The standard InChI is InChI=1S/C13H23N3O/c1-5-16-9-13(8-15-16)12(4)14-6-7-17-10-11(2)3/h8-9,12,14H,2,5-7,10H2,1,3-4H3. The Morgan fingerprint density at radius 2 is 2.41 bits per heavy atom. The van der Waals surface area contributed by atoms with Crippen molar-refractivity contribution in [2.24, 2.45) is 0 Å². The SMILES string of the molecule is C=C(C)COCCNC(C)c1cnn(CC)c1. The lowest BCUT2D eigenvalue weighted by atomic mass is 10.2. The fraction of sp³-hybridized carbons (Fsp3) is 0.615. The highest BCUT2D eigenvalue weighted by Gasteiger charge is 2.06. The summed E-state index contributed by atoms with van der Waals surface area (Å²) >= 11 is 0. The van der Waals surface area contributed by atoms with Gasteiger partial charge in [0.25, 0.3) is 0 Å². The van der Waals surface area contributed by atoms with Crippen molar-refractivity contribution in [3.05, 3.63) is 30.1 Å². The highest BCUT2D eigenvalue weighted by molar-refractivity contribution is 5.08. The second-order valence-corrected chi connectivity index (χ2v) is 4.31. The van der Waals surface area contributed by atoms with Gasteiger partial charge in [-0.2, -0.15) is 5.10 Å². The minimum atomic E-state index is 0.309. The van der Waals surface area contributed by atoms with E-state index in [1.54, 1.807) is 0 Å². The van der Waals surface area contributed by atoms with Gasteiger partial charge in [-0.15, -0.1) is 0 Å². The number of aromatic nitrogens is 2. The topological polar surface area (TPSA) is 39.1 Å². The Morgan fingerprint density at radius 1 is 1.65 bits per heavy atom. The largest absolute Gasteiger partial charge is 0.376 e. The summed E-state index contributed by atoms with van der Waals surface area (Å²) in [5, 5.41) is 7.66. The van der Waals surface area contributed by atoms with Crippen LogP contribution in [0.2, 0.25) is 0 Å². The molecule has 4 heteroatoms. The van der Waals surface area contributed by atoms with Crippen molar-refractivity contribution in [1.82, 2.24) is 15.1 Å². The first-order chi connectivity index (χ1) is 8.13. The Bertz CT molecular complexity index is 346. The maximum absolute atomic E-state index is 5.42. The molecular weight excluding hydrogens is 214 g/mol. The summed E-state index contributed by atoms with van der Waals surface area (Å²) < 4.78 is 7.36. The molecule has 17 heavy (non-hydrogen) atoms. The molecule has 1 unspecified atom stereocenters. The third-order valence-electron chi connectivity index (χ3n) is 2.52. The van der Waals surface area contributed by atoms with Crippen LogP contribution in [0.5, 0.6) is 0 Å². The van der Waals surface area contributed by atoms with Gasteiger partial charge in [0, 0.05) is 30.9 Å². The Balaban J connectivity index is 2.20. The molecule has 0 spiro atoms. The van der Waals surface area contributed by atoms with Crippen molar-refractivity contribution < 1.29 is 4.74 Å². The molecule has 0 aliphatic carbocycles. The van der Waals surface area contributed by atoms with Crippen LogP contribution in [-0.4, -0.2) is 29.5 Å². The first-order valence-electron chi connectivity index (χ1n) is 6.11. The number of nitrogens with zero attached hydrogens (tertiary/aromatic N) is 2. The Hall–Kier alpha value is -1.13. The van der Waals surface area contributed by atoms with Crippen molar-refractivity contribution in [2.45, 2.75) is 33.4 Å². The van der Waals surface area contributed by atoms with Crippen molar-refractivity contribution in [1.29, 1.82) is 0 Å². The molecule has 1 heterocycles. The third-order valence-corrected chi connectivity index (χ3v) is 2.52. The molecule has 1 atom stereocenters. The molecule has 0 radical (unpaired) electrons. The summed E-state index contributed by atoms with van der Waals surface area (Å²) in [5.74, 6) is 0. The molecule has 1 aromatic rings. The predicted octanol–water partition coefficient (Wildman–Crippen LogP) is 2.15. The van der Waals surface area contributed by atoms with E-state index in [1.165, 1.54) is 5.56 Å². The number of ether oxygens (including phenoxy) is 1. The zero-order valence-electron chi connectivity index (χ0n) is 11.1. The van der Waals surface area contributed by atoms with Gasteiger partial charge in [0.15, 0.2) is 0 Å². The van der Waals surface area contributed by atoms with Gasteiger partial charge in [-0.1, -0.05) is 12.2 Å². The van der Waals surface area contributed by atoms with E-state index in [1.807, 2.05) is 17.8 Å². The molecule has 0 bridgehead atoms. The normalized spacial score (nSPS) is 12.6. The van der Waals surface area contributed by atoms with E-state index in [2.05, 4.69) is 37.0 Å². The van der Waals surface area contributed by atoms with Gasteiger partial charge in [0.05, 0.1) is 19.4 Å². The Morgan fingerprint density at radius 3 is 3.00 bits per heavy atom. The fourth-order valence-corrected chi connectivity index (χ4v) is 1.49. The maximum Gasteiger partial charge on any atom is 0.0672 e. The van der Waals surface area contributed by atoms with Gasteiger partial charge in [0.1, 0.15) is 0 Å². The molecule has 0 fully saturated rings. The second kappa shape index (κ2) is 7.25. The Kier molecular flexibility index (Phi) is 5.94. The summed E-state index contributed by atoms with van der Waals surface area (Å²) in [4.78, 5) is 0. The Labute approximate surface area is 104 Å². The summed E-state index contributed by atoms with van der Waals surface area (Å²) in [5.41, 5.74) is 2.27. The van der Waals surface area contributed by atoms with Crippen LogP contribution in [-0.2, 0) is 11.3 Å². The van der Waals surface area contributed by atoms with Crippen molar-refractivity contribution >= 4 is 0 Å². The predicted molar refractivity (Wildman–Crippen MR) is 70.0 cm³/mol. The van der Waals surface area contributed by atoms with E-state index < -0.39 is 0 Å². The van der Waals surface area contributed by atoms with Crippen LogP contribution in [0.4, 0.5) is 0 Å². The maximum atomic E-state index is 5.42. The van der Waals surface area contributed by atoms with Gasteiger partial charge in [0.2, 0.25) is 0 Å². The molecule has 0 amide bonds. The molecule has 0 saturated heterocycles. The van der Waals surface area contributed by atoms with Crippen LogP contribution < -0.4 is 5.32 Å². The highest BCUT2D eigenvalue weighted by Crippen LogP contribution is 2.10.